The fourth-order valence-electron chi connectivity index (χ4n) is 1.56. The Labute approximate surface area is 137 Å². The molecule has 0 aliphatic rings. The van der Waals surface area contributed by atoms with Gasteiger partial charge in [-0.25, -0.2) is 0 Å². The largest absolute Gasteiger partial charge is 0.396 e. The van der Waals surface area contributed by atoms with Gasteiger partial charge in [-0.1, -0.05) is 23.2 Å². The predicted octanol–water partition coefficient (Wildman–Crippen LogP) is 3.58. The Morgan fingerprint density at radius 2 is 1.86 bits per heavy atom. The molecule has 2 aromatic rings. The van der Waals surface area contributed by atoms with Gasteiger partial charge in [-0.2, -0.15) is 15.1 Å². The second-order valence-corrected chi connectivity index (χ2v) is 5.04. The van der Waals surface area contributed by atoms with E-state index in [4.69, 9.17) is 34.0 Å². The summed E-state index contributed by atoms with van der Waals surface area (Å²) in [5, 5.41) is 20.7. The zero-order valence-corrected chi connectivity index (χ0v) is 13.0. The average molecular weight is 341 g/mol. The molecule has 0 spiro atoms. The van der Waals surface area contributed by atoms with Crippen LogP contribution in [0.25, 0.3) is 0 Å². The summed E-state index contributed by atoms with van der Waals surface area (Å²) in [6.45, 7) is 0.551. The van der Waals surface area contributed by atoms with Crippen molar-refractivity contribution >= 4 is 46.3 Å². The Balaban J connectivity index is 2.26. The van der Waals surface area contributed by atoms with Gasteiger partial charge in [-0.15, -0.1) is 5.11 Å². The lowest BCUT2D eigenvalue weighted by Crippen LogP contribution is -2.07. The minimum Gasteiger partial charge on any atom is -0.396 e. The molecule has 1 aromatic heterocycles. The van der Waals surface area contributed by atoms with Gasteiger partial charge in [0.05, 0.1) is 5.69 Å². The van der Waals surface area contributed by atoms with E-state index in [-0.39, 0.29) is 23.4 Å². The molecule has 0 atom stereocenters. The molecule has 116 valence electrons. The van der Waals surface area contributed by atoms with E-state index in [1.165, 1.54) is 0 Å². The minimum atomic E-state index is 0.0296. The molecule has 1 aromatic carbocycles. The standard InChI is InChI=1S/C13H14Cl2N6O/c14-8-2-4-9(5-3-8)20-21-10-11(15)18-13(16)19-12(10)17-6-1-7-22/h2-5,22H,1,6-7H2,(H3,16,17,18,19). The first-order chi connectivity index (χ1) is 10.6. The van der Waals surface area contributed by atoms with Crippen LogP contribution in [0.4, 0.5) is 23.1 Å². The van der Waals surface area contributed by atoms with Crippen molar-refractivity contribution in [3.63, 3.8) is 0 Å². The highest BCUT2D eigenvalue weighted by Gasteiger charge is 2.11. The lowest BCUT2D eigenvalue weighted by molar-refractivity contribution is 0.292. The van der Waals surface area contributed by atoms with E-state index in [1.54, 1.807) is 24.3 Å². The van der Waals surface area contributed by atoms with Crippen LogP contribution in [0.2, 0.25) is 10.2 Å². The van der Waals surface area contributed by atoms with E-state index < -0.39 is 0 Å². The first kappa shape index (κ1) is 16.4. The van der Waals surface area contributed by atoms with E-state index >= 15 is 0 Å². The number of anilines is 2. The van der Waals surface area contributed by atoms with Crippen molar-refractivity contribution in [2.45, 2.75) is 6.42 Å². The molecule has 0 unspecified atom stereocenters. The average Bonchev–Trinajstić information content (AvgIpc) is 2.48. The number of aromatic nitrogens is 2. The molecular weight excluding hydrogens is 327 g/mol. The summed E-state index contributed by atoms with van der Waals surface area (Å²) in [6.07, 6.45) is 0.551. The number of hydrogen-bond donors (Lipinski definition) is 3. The third-order valence-electron chi connectivity index (χ3n) is 2.58. The van der Waals surface area contributed by atoms with Crippen molar-refractivity contribution in [1.29, 1.82) is 0 Å². The smallest absolute Gasteiger partial charge is 0.223 e. The van der Waals surface area contributed by atoms with Crippen LogP contribution >= 0.6 is 23.2 Å². The normalized spacial score (nSPS) is 11.0. The number of benzene rings is 1. The molecule has 0 radical (unpaired) electrons. The zero-order valence-electron chi connectivity index (χ0n) is 11.5. The molecule has 0 aliphatic heterocycles. The van der Waals surface area contributed by atoms with Crippen LogP contribution in [0.5, 0.6) is 0 Å². The number of nitrogens with one attached hydrogen (secondary N) is 1. The first-order valence-corrected chi connectivity index (χ1v) is 7.21. The Hall–Kier alpha value is -1.96. The Kier molecular flexibility index (Phi) is 5.88. The van der Waals surface area contributed by atoms with Gasteiger partial charge in [0.2, 0.25) is 5.95 Å². The van der Waals surface area contributed by atoms with Crippen molar-refractivity contribution in [3.05, 3.63) is 34.4 Å². The molecule has 1 heterocycles. The molecule has 0 saturated carbocycles. The van der Waals surface area contributed by atoms with Crippen LogP contribution in [0.15, 0.2) is 34.5 Å². The molecular formula is C13H14Cl2N6O. The molecule has 22 heavy (non-hydrogen) atoms. The summed E-state index contributed by atoms with van der Waals surface area (Å²) < 4.78 is 0. The Morgan fingerprint density at radius 3 is 2.55 bits per heavy atom. The molecule has 0 amide bonds. The number of nitrogens with two attached hydrogens (primary N) is 1. The lowest BCUT2D eigenvalue weighted by atomic mass is 10.3. The summed E-state index contributed by atoms with van der Waals surface area (Å²) >= 11 is 11.9. The zero-order chi connectivity index (χ0) is 15.9. The lowest BCUT2D eigenvalue weighted by Gasteiger charge is -2.08. The minimum absolute atomic E-state index is 0.0296. The van der Waals surface area contributed by atoms with Gasteiger partial charge in [0.1, 0.15) is 0 Å². The van der Waals surface area contributed by atoms with Crippen molar-refractivity contribution in [2.24, 2.45) is 10.2 Å². The van der Waals surface area contributed by atoms with Crippen LogP contribution in [0, 0.1) is 0 Å². The van der Waals surface area contributed by atoms with Crippen molar-refractivity contribution in [2.75, 3.05) is 24.2 Å². The van der Waals surface area contributed by atoms with Crippen LogP contribution in [0.1, 0.15) is 6.42 Å². The molecule has 0 bridgehead atoms. The highest BCUT2D eigenvalue weighted by molar-refractivity contribution is 6.32. The molecule has 9 heteroatoms. The maximum absolute atomic E-state index is 8.82. The number of nitrogens with zero attached hydrogens (tertiary/aromatic N) is 4. The fourth-order valence-corrected chi connectivity index (χ4v) is 1.90. The third-order valence-corrected chi connectivity index (χ3v) is 3.09. The highest BCUT2D eigenvalue weighted by atomic mass is 35.5. The topological polar surface area (TPSA) is 109 Å². The summed E-state index contributed by atoms with van der Waals surface area (Å²) in [7, 11) is 0. The molecule has 0 saturated heterocycles. The second kappa shape index (κ2) is 7.88. The van der Waals surface area contributed by atoms with Gasteiger partial charge in [0, 0.05) is 18.2 Å². The van der Waals surface area contributed by atoms with Crippen LogP contribution in [-0.4, -0.2) is 28.2 Å². The van der Waals surface area contributed by atoms with E-state index in [0.29, 0.717) is 29.5 Å². The summed E-state index contributed by atoms with van der Waals surface area (Å²) in [5.41, 5.74) is 6.46. The monoisotopic (exact) mass is 340 g/mol. The van der Waals surface area contributed by atoms with E-state index in [9.17, 15) is 0 Å². The van der Waals surface area contributed by atoms with Crippen molar-refractivity contribution in [3.8, 4) is 0 Å². The van der Waals surface area contributed by atoms with Crippen LogP contribution < -0.4 is 11.1 Å². The van der Waals surface area contributed by atoms with Gasteiger partial charge in [0.25, 0.3) is 0 Å². The van der Waals surface area contributed by atoms with Crippen LogP contribution in [-0.2, 0) is 0 Å². The number of rotatable bonds is 6. The maximum atomic E-state index is 8.82. The number of nitrogen functional groups attached to an aromatic ring is 1. The molecule has 7 nitrogen and oxygen atoms in total. The number of azo groups is 1. The molecule has 2 rings (SSSR count). The van der Waals surface area contributed by atoms with Gasteiger partial charge < -0.3 is 16.2 Å². The van der Waals surface area contributed by atoms with E-state index in [2.05, 4.69) is 25.5 Å². The van der Waals surface area contributed by atoms with Crippen molar-refractivity contribution < 1.29 is 5.11 Å². The SMILES string of the molecule is Nc1nc(Cl)c(N=Nc2ccc(Cl)cc2)c(NCCCO)n1. The number of halogens is 2. The second-order valence-electron chi connectivity index (χ2n) is 4.25. The molecule has 0 fully saturated rings. The summed E-state index contributed by atoms with van der Waals surface area (Å²) in [6, 6.07) is 6.85. The maximum Gasteiger partial charge on any atom is 0.223 e. The third kappa shape index (κ3) is 4.52. The Morgan fingerprint density at radius 1 is 1.14 bits per heavy atom. The van der Waals surface area contributed by atoms with E-state index in [1.807, 2.05) is 0 Å². The van der Waals surface area contributed by atoms with Gasteiger partial charge in [0.15, 0.2) is 16.7 Å². The highest BCUT2D eigenvalue weighted by Crippen LogP contribution is 2.32. The van der Waals surface area contributed by atoms with E-state index in [0.717, 1.165) is 0 Å². The van der Waals surface area contributed by atoms with Gasteiger partial charge in [-0.3, -0.25) is 0 Å². The van der Waals surface area contributed by atoms with Crippen molar-refractivity contribution in [1.82, 2.24) is 9.97 Å². The number of aliphatic hydroxyl groups is 1. The number of hydrogen-bond acceptors (Lipinski definition) is 7. The summed E-state index contributed by atoms with van der Waals surface area (Å²) in [4.78, 5) is 7.90. The molecule has 4 N–H and O–H groups in total. The van der Waals surface area contributed by atoms with Gasteiger partial charge >= 0.3 is 0 Å². The quantitative estimate of drug-likeness (QED) is 0.423. The number of aliphatic hydroxyl groups excluding tert-OH is 1. The molecule has 0 aliphatic carbocycles. The van der Waals surface area contributed by atoms with Gasteiger partial charge in [-0.05, 0) is 30.7 Å². The van der Waals surface area contributed by atoms with Crippen LogP contribution in [0.3, 0.4) is 0 Å². The first-order valence-electron chi connectivity index (χ1n) is 6.45. The fraction of sp³-hybridized carbons (Fsp3) is 0.231. The Bertz CT molecular complexity index is 662. The summed E-state index contributed by atoms with van der Waals surface area (Å²) in [5.74, 6) is 0.394. The predicted molar refractivity (Wildman–Crippen MR) is 87.3 cm³/mol.